The second-order valence-corrected chi connectivity index (χ2v) is 4.70. The van der Waals surface area contributed by atoms with E-state index in [0.717, 1.165) is 12.5 Å². The van der Waals surface area contributed by atoms with Crippen LogP contribution in [-0.2, 0) is 0 Å². The third kappa shape index (κ3) is 5.30. The van der Waals surface area contributed by atoms with Crippen LogP contribution >= 0.6 is 0 Å². The van der Waals surface area contributed by atoms with Crippen LogP contribution in [0.2, 0.25) is 0 Å². The summed E-state index contributed by atoms with van der Waals surface area (Å²) in [7, 11) is 0. The highest BCUT2D eigenvalue weighted by Crippen LogP contribution is 2.04. The lowest BCUT2D eigenvalue weighted by atomic mass is 10.2. The first kappa shape index (κ1) is 12.7. The standard InChI is InChI=1S/C12H25N3/c1-12(2)11-15-9-7-14(8-10-15)6-4-3-5-13/h3-4,12H,5-11,13H2,1-2H3. The summed E-state index contributed by atoms with van der Waals surface area (Å²) in [4.78, 5) is 5.05. The third-order valence-electron chi connectivity index (χ3n) is 2.75. The van der Waals surface area contributed by atoms with Crippen molar-refractivity contribution in [3.05, 3.63) is 12.2 Å². The number of hydrogen-bond donors (Lipinski definition) is 1. The predicted molar refractivity (Wildman–Crippen MR) is 65.9 cm³/mol. The van der Waals surface area contributed by atoms with Crippen molar-refractivity contribution < 1.29 is 0 Å². The topological polar surface area (TPSA) is 32.5 Å². The Labute approximate surface area is 93.9 Å². The molecule has 0 unspecified atom stereocenters. The summed E-state index contributed by atoms with van der Waals surface area (Å²) in [5.41, 5.74) is 5.41. The summed E-state index contributed by atoms with van der Waals surface area (Å²) in [6.07, 6.45) is 4.22. The zero-order chi connectivity index (χ0) is 11.1. The molecule has 0 bridgehead atoms. The summed E-state index contributed by atoms with van der Waals surface area (Å²) in [6, 6.07) is 0. The van der Waals surface area contributed by atoms with Gasteiger partial charge in [0.1, 0.15) is 0 Å². The molecule has 1 heterocycles. The zero-order valence-electron chi connectivity index (χ0n) is 10.2. The summed E-state index contributed by atoms with van der Waals surface area (Å²) < 4.78 is 0. The first-order chi connectivity index (χ1) is 7.22. The average Bonchev–Trinajstić information content (AvgIpc) is 2.20. The highest BCUT2D eigenvalue weighted by Gasteiger charge is 2.15. The Kier molecular flexibility index (Phi) is 5.91. The van der Waals surface area contributed by atoms with Crippen LogP contribution in [0.25, 0.3) is 0 Å². The molecule has 1 rings (SSSR count). The second kappa shape index (κ2) is 6.99. The summed E-state index contributed by atoms with van der Waals surface area (Å²) in [6.45, 7) is 12.4. The van der Waals surface area contributed by atoms with Crippen LogP contribution in [0.4, 0.5) is 0 Å². The van der Waals surface area contributed by atoms with Crippen LogP contribution in [0.3, 0.4) is 0 Å². The van der Waals surface area contributed by atoms with Gasteiger partial charge in [0.15, 0.2) is 0 Å². The van der Waals surface area contributed by atoms with Crippen LogP contribution in [0.15, 0.2) is 12.2 Å². The van der Waals surface area contributed by atoms with Crippen LogP contribution in [0, 0.1) is 5.92 Å². The lowest BCUT2D eigenvalue weighted by Crippen LogP contribution is -2.47. The Balaban J connectivity index is 2.15. The summed E-state index contributed by atoms with van der Waals surface area (Å²) in [5.74, 6) is 0.786. The van der Waals surface area contributed by atoms with Crippen molar-refractivity contribution >= 4 is 0 Å². The van der Waals surface area contributed by atoms with Gasteiger partial charge in [-0.2, -0.15) is 0 Å². The highest BCUT2D eigenvalue weighted by atomic mass is 15.3. The van der Waals surface area contributed by atoms with Gasteiger partial charge < -0.3 is 10.6 Å². The molecule has 0 amide bonds. The Morgan fingerprint density at radius 2 is 1.67 bits per heavy atom. The highest BCUT2D eigenvalue weighted by molar-refractivity contribution is 4.87. The third-order valence-corrected chi connectivity index (χ3v) is 2.75. The molecule has 0 aromatic heterocycles. The molecule has 1 saturated heterocycles. The molecule has 1 aliphatic rings. The van der Waals surface area contributed by atoms with E-state index in [-0.39, 0.29) is 0 Å². The van der Waals surface area contributed by atoms with Crippen LogP contribution in [0.1, 0.15) is 13.8 Å². The number of rotatable bonds is 5. The van der Waals surface area contributed by atoms with E-state index in [1.807, 2.05) is 6.08 Å². The zero-order valence-corrected chi connectivity index (χ0v) is 10.2. The van der Waals surface area contributed by atoms with Crippen LogP contribution in [0.5, 0.6) is 0 Å². The molecule has 1 aliphatic heterocycles. The molecule has 3 heteroatoms. The average molecular weight is 211 g/mol. The van der Waals surface area contributed by atoms with E-state index < -0.39 is 0 Å². The molecule has 2 N–H and O–H groups in total. The predicted octanol–water partition coefficient (Wildman–Crippen LogP) is 0.775. The minimum Gasteiger partial charge on any atom is -0.327 e. The molecule has 0 radical (unpaired) electrons. The van der Waals surface area contributed by atoms with E-state index in [0.29, 0.717) is 6.54 Å². The fourth-order valence-corrected chi connectivity index (χ4v) is 1.99. The second-order valence-electron chi connectivity index (χ2n) is 4.70. The van der Waals surface area contributed by atoms with E-state index in [2.05, 4.69) is 29.7 Å². The monoisotopic (exact) mass is 211 g/mol. The van der Waals surface area contributed by atoms with E-state index >= 15 is 0 Å². The van der Waals surface area contributed by atoms with Gasteiger partial charge in [-0.3, -0.25) is 4.90 Å². The quantitative estimate of drug-likeness (QED) is 0.682. The normalized spacial score (nSPS) is 20.5. The summed E-state index contributed by atoms with van der Waals surface area (Å²) >= 11 is 0. The maximum atomic E-state index is 5.41. The van der Waals surface area contributed by atoms with Crippen molar-refractivity contribution in [1.29, 1.82) is 0 Å². The van der Waals surface area contributed by atoms with E-state index in [1.165, 1.54) is 32.7 Å². The lowest BCUT2D eigenvalue weighted by Gasteiger charge is -2.34. The molecule has 0 spiro atoms. The maximum absolute atomic E-state index is 5.41. The molecule has 1 fully saturated rings. The minimum atomic E-state index is 0.660. The molecular weight excluding hydrogens is 186 g/mol. The fraction of sp³-hybridized carbons (Fsp3) is 0.833. The molecule has 15 heavy (non-hydrogen) atoms. The first-order valence-corrected chi connectivity index (χ1v) is 6.02. The fourth-order valence-electron chi connectivity index (χ4n) is 1.99. The Bertz CT molecular complexity index is 181. The maximum Gasteiger partial charge on any atom is 0.0164 e. The molecular formula is C12H25N3. The smallest absolute Gasteiger partial charge is 0.0164 e. The van der Waals surface area contributed by atoms with E-state index in [1.54, 1.807) is 0 Å². The van der Waals surface area contributed by atoms with Crippen molar-refractivity contribution in [2.75, 3.05) is 45.8 Å². The van der Waals surface area contributed by atoms with Gasteiger partial charge in [0.25, 0.3) is 0 Å². The van der Waals surface area contributed by atoms with Gasteiger partial charge in [0.05, 0.1) is 0 Å². The van der Waals surface area contributed by atoms with Crippen molar-refractivity contribution in [3.63, 3.8) is 0 Å². The van der Waals surface area contributed by atoms with Crippen molar-refractivity contribution in [2.24, 2.45) is 11.7 Å². The Morgan fingerprint density at radius 1 is 1.07 bits per heavy atom. The Hall–Kier alpha value is -0.380. The number of nitrogens with zero attached hydrogens (tertiary/aromatic N) is 2. The van der Waals surface area contributed by atoms with Gasteiger partial charge in [-0.05, 0) is 5.92 Å². The van der Waals surface area contributed by atoms with Crippen molar-refractivity contribution in [3.8, 4) is 0 Å². The molecule has 3 nitrogen and oxygen atoms in total. The van der Waals surface area contributed by atoms with Gasteiger partial charge in [-0.25, -0.2) is 0 Å². The molecule has 0 atom stereocenters. The lowest BCUT2D eigenvalue weighted by molar-refractivity contribution is 0.131. The van der Waals surface area contributed by atoms with Crippen LogP contribution in [-0.4, -0.2) is 55.6 Å². The molecule has 0 aliphatic carbocycles. The van der Waals surface area contributed by atoms with Gasteiger partial charge in [0, 0.05) is 45.8 Å². The molecule has 0 aromatic rings. The Morgan fingerprint density at radius 3 is 2.20 bits per heavy atom. The number of piperazine rings is 1. The minimum absolute atomic E-state index is 0.660. The van der Waals surface area contributed by atoms with Gasteiger partial charge >= 0.3 is 0 Å². The van der Waals surface area contributed by atoms with E-state index in [9.17, 15) is 0 Å². The summed E-state index contributed by atoms with van der Waals surface area (Å²) in [5, 5.41) is 0. The number of nitrogens with two attached hydrogens (primary N) is 1. The van der Waals surface area contributed by atoms with E-state index in [4.69, 9.17) is 5.73 Å². The molecule has 0 saturated carbocycles. The van der Waals surface area contributed by atoms with Gasteiger partial charge in [0.2, 0.25) is 0 Å². The molecule has 0 aromatic carbocycles. The van der Waals surface area contributed by atoms with Gasteiger partial charge in [-0.1, -0.05) is 26.0 Å². The molecule has 88 valence electrons. The SMILES string of the molecule is CC(C)CN1CCN(CC=CCN)CC1. The van der Waals surface area contributed by atoms with Crippen LogP contribution < -0.4 is 5.73 Å². The van der Waals surface area contributed by atoms with Crippen molar-refractivity contribution in [1.82, 2.24) is 9.80 Å². The van der Waals surface area contributed by atoms with Crippen molar-refractivity contribution in [2.45, 2.75) is 13.8 Å². The first-order valence-electron chi connectivity index (χ1n) is 6.02. The number of hydrogen-bond acceptors (Lipinski definition) is 3. The largest absolute Gasteiger partial charge is 0.327 e. The van der Waals surface area contributed by atoms with Gasteiger partial charge in [-0.15, -0.1) is 0 Å².